The van der Waals surface area contributed by atoms with Crippen molar-refractivity contribution in [2.45, 2.75) is 25.8 Å². The fourth-order valence-corrected chi connectivity index (χ4v) is 5.03. The van der Waals surface area contributed by atoms with Gasteiger partial charge in [-0.15, -0.1) is 0 Å². The lowest BCUT2D eigenvalue weighted by molar-refractivity contribution is -0.140. The van der Waals surface area contributed by atoms with Gasteiger partial charge in [-0.1, -0.05) is 31.2 Å². The number of nitrogens with zero attached hydrogens (tertiary/aromatic N) is 2. The number of amides is 1. The maximum absolute atomic E-state index is 13.3. The van der Waals surface area contributed by atoms with Crippen LogP contribution in [-0.4, -0.2) is 79.2 Å². The number of aliphatic hydroxyl groups excluding tert-OH is 1. The summed E-state index contributed by atoms with van der Waals surface area (Å²) >= 11 is 0. The Bertz CT molecular complexity index is 1150. The Kier molecular flexibility index (Phi) is 7.25. The van der Waals surface area contributed by atoms with Crippen LogP contribution in [0.15, 0.2) is 48.0 Å². The lowest BCUT2D eigenvalue weighted by Gasteiger charge is -2.29. The predicted molar refractivity (Wildman–Crippen MR) is 134 cm³/mol. The molecule has 5 rings (SSSR count). The number of rotatable bonds is 7. The Morgan fingerprint density at radius 1 is 0.944 bits per heavy atom. The third-order valence-electron chi connectivity index (χ3n) is 7.04. The van der Waals surface area contributed by atoms with Crippen LogP contribution in [0.4, 0.5) is 0 Å². The number of aryl methyl sites for hydroxylation is 1. The second-order valence-corrected chi connectivity index (χ2v) is 9.25. The highest BCUT2D eigenvalue weighted by molar-refractivity contribution is 6.46. The fourth-order valence-electron chi connectivity index (χ4n) is 5.03. The van der Waals surface area contributed by atoms with Crippen molar-refractivity contribution in [1.29, 1.82) is 0 Å². The van der Waals surface area contributed by atoms with Gasteiger partial charge in [-0.05, 0) is 42.2 Å². The van der Waals surface area contributed by atoms with Crippen molar-refractivity contribution in [1.82, 2.24) is 9.80 Å². The van der Waals surface area contributed by atoms with E-state index in [1.54, 1.807) is 23.1 Å². The number of likely N-dealkylation sites (tertiary alicyclic amines) is 1. The Morgan fingerprint density at radius 2 is 1.67 bits per heavy atom. The number of ketones is 1. The number of carbonyl (C=O) groups is 2. The van der Waals surface area contributed by atoms with Crippen LogP contribution < -0.4 is 9.47 Å². The number of aliphatic hydroxyl groups is 1. The van der Waals surface area contributed by atoms with Crippen LogP contribution in [0.1, 0.15) is 36.1 Å². The van der Waals surface area contributed by atoms with Gasteiger partial charge in [-0.25, -0.2) is 0 Å². The SMILES string of the molecule is CCc1ccc(C2/C(=C(\O)c3ccc4c(c3)OCCO4)C(=O)C(=O)N2CCCN2CCOCC2)cc1. The van der Waals surface area contributed by atoms with Crippen molar-refractivity contribution in [3.8, 4) is 11.5 Å². The maximum Gasteiger partial charge on any atom is 0.295 e. The third kappa shape index (κ3) is 4.83. The van der Waals surface area contributed by atoms with Gasteiger partial charge >= 0.3 is 0 Å². The first-order valence-corrected chi connectivity index (χ1v) is 12.6. The first-order chi connectivity index (χ1) is 17.6. The van der Waals surface area contributed by atoms with Gasteiger partial charge in [0, 0.05) is 31.7 Å². The van der Waals surface area contributed by atoms with Gasteiger partial charge < -0.3 is 24.2 Å². The van der Waals surface area contributed by atoms with E-state index in [-0.39, 0.29) is 11.3 Å². The minimum atomic E-state index is -0.668. The largest absolute Gasteiger partial charge is 0.507 e. The van der Waals surface area contributed by atoms with Crippen LogP contribution in [0.25, 0.3) is 5.76 Å². The molecule has 2 fully saturated rings. The maximum atomic E-state index is 13.3. The summed E-state index contributed by atoms with van der Waals surface area (Å²) in [4.78, 5) is 30.4. The summed E-state index contributed by atoms with van der Waals surface area (Å²) in [6.45, 7) is 7.34. The van der Waals surface area contributed by atoms with Crippen molar-refractivity contribution in [2.24, 2.45) is 0 Å². The summed E-state index contributed by atoms with van der Waals surface area (Å²) in [5.41, 5.74) is 2.49. The molecule has 36 heavy (non-hydrogen) atoms. The van der Waals surface area contributed by atoms with E-state index in [4.69, 9.17) is 14.2 Å². The van der Waals surface area contributed by atoms with Crippen LogP contribution in [0, 0.1) is 0 Å². The molecule has 1 N–H and O–H groups in total. The molecule has 0 bridgehead atoms. The van der Waals surface area contributed by atoms with Crippen molar-refractivity contribution >= 4 is 17.4 Å². The molecule has 1 unspecified atom stereocenters. The van der Waals surface area contributed by atoms with Gasteiger partial charge in [0.25, 0.3) is 11.7 Å². The molecule has 2 aromatic rings. The number of morpholine rings is 1. The zero-order valence-electron chi connectivity index (χ0n) is 20.6. The average Bonchev–Trinajstić information content (AvgIpc) is 3.18. The first-order valence-electron chi connectivity index (χ1n) is 12.6. The van der Waals surface area contributed by atoms with Crippen LogP contribution in [0.3, 0.4) is 0 Å². The van der Waals surface area contributed by atoms with Crippen LogP contribution >= 0.6 is 0 Å². The molecular weight excluding hydrogens is 460 g/mol. The van der Waals surface area contributed by atoms with E-state index in [1.807, 2.05) is 24.3 Å². The lowest BCUT2D eigenvalue weighted by Crippen LogP contribution is -2.38. The topological polar surface area (TPSA) is 88.5 Å². The van der Waals surface area contributed by atoms with Gasteiger partial charge in [0.2, 0.25) is 0 Å². The number of hydrogen-bond acceptors (Lipinski definition) is 7. The van der Waals surface area contributed by atoms with Crippen molar-refractivity contribution in [3.05, 3.63) is 64.7 Å². The summed E-state index contributed by atoms with van der Waals surface area (Å²) in [5, 5.41) is 11.4. The number of hydrogen-bond donors (Lipinski definition) is 1. The summed E-state index contributed by atoms with van der Waals surface area (Å²) in [6.07, 6.45) is 1.61. The molecule has 2 aromatic carbocycles. The third-order valence-corrected chi connectivity index (χ3v) is 7.04. The molecule has 3 heterocycles. The van der Waals surface area contributed by atoms with E-state index in [2.05, 4.69) is 11.8 Å². The minimum absolute atomic E-state index is 0.104. The van der Waals surface area contributed by atoms with Crippen molar-refractivity contribution in [3.63, 3.8) is 0 Å². The molecule has 0 aliphatic carbocycles. The standard InChI is InChI=1S/C28H32N2O6/c1-2-19-4-6-20(7-5-19)25-24(26(31)21-8-9-22-23(18-21)36-17-16-35-22)27(32)28(33)30(25)11-3-10-29-12-14-34-15-13-29/h4-9,18,25,31H,2-3,10-17H2,1H3/b26-24+. The van der Waals surface area contributed by atoms with E-state index < -0.39 is 17.7 Å². The molecule has 3 aliphatic heterocycles. The van der Waals surface area contributed by atoms with E-state index in [0.717, 1.165) is 43.6 Å². The normalized spacial score (nSPS) is 21.7. The smallest absolute Gasteiger partial charge is 0.295 e. The van der Waals surface area contributed by atoms with Crippen molar-refractivity contribution < 1.29 is 28.9 Å². The van der Waals surface area contributed by atoms with Crippen LogP contribution in [0.2, 0.25) is 0 Å². The summed E-state index contributed by atoms with van der Waals surface area (Å²) in [7, 11) is 0. The molecular formula is C28H32N2O6. The van der Waals surface area contributed by atoms with Gasteiger partial charge in [-0.3, -0.25) is 14.5 Å². The quantitative estimate of drug-likeness (QED) is 0.361. The van der Waals surface area contributed by atoms with E-state index >= 15 is 0 Å². The van der Waals surface area contributed by atoms with Gasteiger partial charge in [0.1, 0.15) is 19.0 Å². The van der Waals surface area contributed by atoms with Crippen LogP contribution in [0.5, 0.6) is 11.5 Å². The fraction of sp³-hybridized carbons (Fsp3) is 0.429. The number of benzene rings is 2. The second-order valence-electron chi connectivity index (χ2n) is 9.25. The molecule has 0 saturated carbocycles. The molecule has 2 saturated heterocycles. The average molecular weight is 493 g/mol. The molecule has 190 valence electrons. The summed E-state index contributed by atoms with van der Waals surface area (Å²) in [5.74, 6) is -0.355. The highest BCUT2D eigenvalue weighted by atomic mass is 16.6. The van der Waals surface area contributed by atoms with Crippen LogP contribution in [-0.2, 0) is 20.7 Å². The first kappa shape index (κ1) is 24.3. The summed E-state index contributed by atoms with van der Waals surface area (Å²) in [6, 6.07) is 12.3. The second kappa shape index (κ2) is 10.7. The molecule has 3 aliphatic rings. The van der Waals surface area contributed by atoms with E-state index in [1.165, 1.54) is 0 Å². The van der Waals surface area contributed by atoms with Gasteiger partial charge in [0.05, 0.1) is 24.8 Å². The van der Waals surface area contributed by atoms with E-state index in [9.17, 15) is 14.7 Å². The minimum Gasteiger partial charge on any atom is -0.507 e. The Morgan fingerprint density at radius 3 is 2.39 bits per heavy atom. The highest BCUT2D eigenvalue weighted by Gasteiger charge is 2.45. The van der Waals surface area contributed by atoms with E-state index in [0.29, 0.717) is 50.0 Å². The predicted octanol–water partition coefficient (Wildman–Crippen LogP) is 3.16. The molecule has 1 atom stereocenters. The molecule has 0 radical (unpaired) electrons. The number of carbonyl (C=O) groups excluding carboxylic acids is 2. The highest BCUT2D eigenvalue weighted by Crippen LogP contribution is 2.41. The number of Topliss-reactive ketones (excluding diaryl/α,β-unsaturated/α-hetero) is 1. The zero-order chi connectivity index (χ0) is 25.1. The molecule has 0 spiro atoms. The molecule has 8 nitrogen and oxygen atoms in total. The molecule has 0 aromatic heterocycles. The molecule has 1 amide bonds. The zero-order valence-corrected chi connectivity index (χ0v) is 20.6. The lowest BCUT2D eigenvalue weighted by atomic mass is 9.94. The van der Waals surface area contributed by atoms with Crippen molar-refractivity contribution in [2.75, 3.05) is 52.6 Å². The number of fused-ring (bicyclic) bond motifs is 1. The number of ether oxygens (including phenoxy) is 3. The Hall–Kier alpha value is -3.36. The summed E-state index contributed by atoms with van der Waals surface area (Å²) < 4.78 is 16.7. The van der Waals surface area contributed by atoms with Gasteiger partial charge in [0.15, 0.2) is 11.5 Å². The monoisotopic (exact) mass is 492 g/mol. The Labute approximate surface area is 211 Å². The van der Waals surface area contributed by atoms with Gasteiger partial charge in [-0.2, -0.15) is 0 Å². The molecule has 8 heteroatoms. The Balaban J connectivity index is 1.48.